The van der Waals surface area contributed by atoms with E-state index in [1.807, 2.05) is 7.05 Å². The summed E-state index contributed by atoms with van der Waals surface area (Å²) >= 11 is 0. The number of sulfonamides is 1. The molecule has 0 amide bonds. The summed E-state index contributed by atoms with van der Waals surface area (Å²) in [6.45, 7) is 2.96. The Hall–Kier alpha value is -1.60. The normalized spacial score (nSPS) is 21.6. The number of piperidine rings is 1. The van der Waals surface area contributed by atoms with Crippen molar-refractivity contribution in [2.24, 2.45) is 10.9 Å². The quantitative estimate of drug-likeness (QED) is 0.562. The van der Waals surface area contributed by atoms with Gasteiger partial charge in [0.25, 0.3) is 0 Å². The van der Waals surface area contributed by atoms with E-state index >= 15 is 0 Å². The molecule has 0 atom stereocenters. The number of rotatable bonds is 6. The Balaban J connectivity index is 1.50. The zero-order valence-electron chi connectivity index (χ0n) is 17.2. The lowest BCUT2D eigenvalue weighted by molar-refractivity contribution is 0.274. The number of nitrogens with one attached hydrogen (secondary N) is 2. The second-order valence-corrected chi connectivity index (χ2v) is 10.2. The lowest BCUT2D eigenvalue weighted by atomic mass is 9.79. The number of nitrogens with zero attached hydrogens (tertiary/aromatic N) is 2. The first kappa shape index (κ1) is 21.1. The molecule has 6 nitrogen and oxygen atoms in total. The SMILES string of the molecule is CN=C(NCC1CCN(S(C)(=O)=O)CC1)NCC1(c2ccccc2)CCCC1. The Kier molecular flexibility index (Phi) is 6.99. The Morgan fingerprint density at radius 2 is 1.79 bits per heavy atom. The van der Waals surface area contributed by atoms with Crippen LogP contribution in [0.1, 0.15) is 44.1 Å². The van der Waals surface area contributed by atoms with Gasteiger partial charge in [0.1, 0.15) is 0 Å². The van der Waals surface area contributed by atoms with Crippen molar-refractivity contribution in [2.75, 3.05) is 39.5 Å². The molecular weight excluding hydrogens is 372 g/mol. The van der Waals surface area contributed by atoms with Gasteiger partial charge in [-0.1, -0.05) is 43.2 Å². The summed E-state index contributed by atoms with van der Waals surface area (Å²) in [5.74, 6) is 1.32. The summed E-state index contributed by atoms with van der Waals surface area (Å²) in [6, 6.07) is 10.8. The molecule has 0 aromatic heterocycles. The van der Waals surface area contributed by atoms with Crippen molar-refractivity contribution in [3.05, 3.63) is 35.9 Å². The fourth-order valence-electron chi connectivity index (χ4n) is 4.57. The van der Waals surface area contributed by atoms with Crippen molar-refractivity contribution in [3.8, 4) is 0 Å². The summed E-state index contributed by atoms with van der Waals surface area (Å²) in [5, 5.41) is 7.01. The van der Waals surface area contributed by atoms with Crippen LogP contribution in [0.15, 0.2) is 35.3 Å². The molecule has 1 aromatic carbocycles. The van der Waals surface area contributed by atoms with E-state index in [4.69, 9.17) is 0 Å². The van der Waals surface area contributed by atoms with Crippen LogP contribution in [0.2, 0.25) is 0 Å². The third-order valence-corrected chi connectivity index (χ3v) is 7.67. The highest BCUT2D eigenvalue weighted by atomic mass is 32.2. The van der Waals surface area contributed by atoms with E-state index in [2.05, 4.69) is 46.0 Å². The average molecular weight is 407 g/mol. The van der Waals surface area contributed by atoms with Crippen molar-refractivity contribution >= 4 is 16.0 Å². The summed E-state index contributed by atoms with van der Waals surface area (Å²) in [7, 11) is -1.25. The van der Waals surface area contributed by atoms with Crippen LogP contribution in [-0.2, 0) is 15.4 Å². The van der Waals surface area contributed by atoms with Gasteiger partial charge in [-0.15, -0.1) is 0 Å². The van der Waals surface area contributed by atoms with Gasteiger partial charge in [0.15, 0.2) is 5.96 Å². The Morgan fingerprint density at radius 3 is 2.36 bits per heavy atom. The van der Waals surface area contributed by atoms with E-state index in [9.17, 15) is 8.42 Å². The zero-order valence-corrected chi connectivity index (χ0v) is 18.0. The minimum Gasteiger partial charge on any atom is -0.356 e. The van der Waals surface area contributed by atoms with Crippen molar-refractivity contribution in [2.45, 2.75) is 43.9 Å². The number of guanidine groups is 1. The first-order valence-electron chi connectivity index (χ1n) is 10.4. The lowest BCUT2D eigenvalue weighted by Crippen LogP contribution is -2.47. The average Bonchev–Trinajstić information content (AvgIpc) is 3.19. The van der Waals surface area contributed by atoms with Crippen LogP contribution in [0.25, 0.3) is 0 Å². The van der Waals surface area contributed by atoms with Gasteiger partial charge in [0.2, 0.25) is 10.0 Å². The first-order chi connectivity index (χ1) is 13.4. The molecule has 0 radical (unpaired) electrons. The van der Waals surface area contributed by atoms with Gasteiger partial charge in [-0.25, -0.2) is 12.7 Å². The lowest BCUT2D eigenvalue weighted by Gasteiger charge is -2.32. The molecular formula is C21H34N4O2S. The minimum atomic E-state index is -3.06. The highest BCUT2D eigenvalue weighted by Crippen LogP contribution is 2.40. The topological polar surface area (TPSA) is 73.8 Å². The molecule has 1 aliphatic heterocycles. The molecule has 1 saturated heterocycles. The van der Waals surface area contributed by atoms with Crippen molar-refractivity contribution in [3.63, 3.8) is 0 Å². The van der Waals surface area contributed by atoms with Crippen LogP contribution < -0.4 is 10.6 Å². The maximum atomic E-state index is 11.6. The molecule has 0 bridgehead atoms. The van der Waals surface area contributed by atoms with Gasteiger partial charge in [-0.3, -0.25) is 4.99 Å². The van der Waals surface area contributed by atoms with E-state index in [0.29, 0.717) is 19.0 Å². The molecule has 2 fully saturated rings. The van der Waals surface area contributed by atoms with Crippen molar-refractivity contribution in [1.82, 2.24) is 14.9 Å². The van der Waals surface area contributed by atoms with E-state index in [1.165, 1.54) is 37.5 Å². The molecule has 0 unspecified atom stereocenters. The number of benzene rings is 1. The van der Waals surface area contributed by atoms with Crippen LogP contribution >= 0.6 is 0 Å². The van der Waals surface area contributed by atoms with Gasteiger partial charge < -0.3 is 10.6 Å². The third-order valence-electron chi connectivity index (χ3n) is 6.37. The predicted molar refractivity (Wildman–Crippen MR) is 115 cm³/mol. The molecule has 1 aliphatic carbocycles. The van der Waals surface area contributed by atoms with Crippen LogP contribution in [0.3, 0.4) is 0 Å². The third kappa shape index (κ3) is 5.26. The monoisotopic (exact) mass is 406 g/mol. The number of hydrogen-bond donors (Lipinski definition) is 2. The fraction of sp³-hybridized carbons (Fsp3) is 0.667. The summed E-state index contributed by atoms with van der Waals surface area (Å²) in [6.07, 6.45) is 8.07. The molecule has 1 aromatic rings. The molecule has 156 valence electrons. The fourth-order valence-corrected chi connectivity index (χ4v) is 5.44. The molecule has 2 aliphatic rings. The van der Waals surface area contributed by atoms with Crippen LogP contribution in [0, 0.1) is 5.92 Å². The highest BCUT2D eigenvalue weighted by Gasteiger charge is 2.35. The second-order valence-electron chi connectivity index (χ2n) is 8.27. The number of hydrogen-bond acceptors (Lipinski definition) is 3. The highest BCUT2D eigenvalue weighted by molar-refractivity contribution is 7.88. The van der Waals surface area contributed by atoms with Gasteiger partial charge in [0.05, 0.1) is 6.26 Å². The van der Waals surface area contributed by atoms with Gasteiger partial charge in [0, 0.05) is 38.6 Å². The van der Waals surface area contributed by atoms with Crippen LogP contribution in [0.4, 0.5) is 0 Å². The van der Waals surface area contributed by atoms with E-state index in [-0.39, 0.29) is 5.41 Å². The molecule has 1 heterocycles. The summed E-state index contributed by atoms with van der Waals surface area (Å²) in [5.41, 5.74) is 1.61. The Labute approximate surface area is 169 Å². The Morgan fingerprint density at radius 1 is 1.14 bits per heavy atom. The standard InChI is InChI=1S/C21H34N4O2S/c1-22-20(23-16-18-10-14-25(15-11-18)28(2,26)27)24-17-21(12-6-7-13-21)19-8-4-3-5-9-19/h3-5,8-9,18H,6-7,10-17H2,1-2H3,(H2,22,23,24). The number of aliphatic imine (C=N–C) groups is 1. The smallest absolute Gasteiger partial charge is 0.211 e. The minimum absolute atomic E-state index is 0.194. The van der Waals surface area contributed by atoms with Crippen molar-refractivity contribution in [1.29, 1.82) is 0 Å². The van der Waals surface area contributed by atoms with Crippen LogP contribution in [0.5, 0.6) is 0 Å². The molecule has 7 heteroatoms. The molecule has 2 N–H and O–H groups in total. The molecule has 28 heavy (non-hydrogen) atoms. The van der Waals surface area contributed by atoms with Gasteiger partial charge in [-0.2, -0.15) is 0 Å². The van der Waals surface area contributed by atoms with Crippen LogP contribution in [-0.4, -0.2) is 58.2 Å². The summed E-state index contributed by atoms with van der Waals surface area (Å²) in [4.78, 5) is 4.40. The maximum absolute atomic E-state index is 11.6. The predicted octanol–water partition coefficient (Wildman–Crippen LogP) is 2.34. The Bertz CT molecular complexity index is 750. The largest absolute Gasteiger partial charge is 0.356 e. The molecule has 3 rings (SSSR count). The second kappa shape index (κ2) is 9.27. The molecule has 0 spiro atoms. The van der Waals surface area contributed by atoms with E-state index < -0.39 is 10.0 Å². The van der Waals surface area contributed by atoms with Gasteiger partial charge in [-0.05, 0) is 37.2 Å². The summed E-state index contributed by atoms with van der Waals surface area (Å²) < 4.78 is 24.9. The first-order valence-corrected chi connectivity index (χ1v) is 12.2. The zero-order chi connectivity index (χ0) is 20.0. The van der Waals surface area contributed by atoms with Crippen molar-refractivity contribution < 1.29 is 8.42 Å². The van der Waals surface area contributed by atoms with E-state index in [1.54, 1.807) is 4.31 Å². The van der Waals surface area contributed by atoms with E-state index in [0.717, 1.165) is 31.9 Å². The molecule has 1 saturated carbocycles. The maximum Gasteiger partial charge on any atom is 0.211 e. The van der Waals surface area contributed by atoms with Gasteiger partial charge >= 0.3 is 0 Å².